The second-order valence-electron chi connectivity index (χ2n) is 7.93. The second kappa shape index (κ2) is 8.05. The lowest BCUT2D eigenvalue weighted by atomic mass is 10.2. The van der Waals surface area contributed by atoms with Crippen LogP contribution in [0.4, 0.5) is 10.1 Å². The molecule has 1 aliphatic heterocycles. The average molecular weight is 485 g/mol. The normalized spacial score (nSPS) is 13.6. The first-order valence-corrected chi connectivity index (χ1v) is 12.7. The number of nitrogens with zero attached hydrogens (tertiary/aromatic N) is 3. The quantitative estimate of drug-likeness (QED) is 0.466. The molecule has 1 aliphatic rings. The molecular formula is C23H21FN4O3S2. The highest BCUT2D eigenvalue weighted by molar-refractivity contribution is 7.89. The highest BCUT2D eigenvalue weighted by Crippen LogP contribution is 2.31. The average Bonchev–Trinajstić information content (AvgIpc) is 3.47. The molecule has 0 saturated heterocycles. The predicted molar refractivity (Wildman–Crippen MR) is 125 cm³/mol. The van der Waals surface area contributed by atoms with Crippen molar-refractivity contribution in [1.29, 1.82) is 0 Å². The van der Waals surface area contributed by atoms with Crippen molar-refractivity contribution >= 4 is 37.9 Å². The van der Waals surface area contributed by atoms with Crippen LogP contribution in [0.25, 0.3) is 16.2 Å². The highest BCUT2D eigenvalue weighted by atomic mass is 32.2. The molecule has 4 aromatic rings. The number of imidazole rings is 1. The van der Waals surface area contributed by atoms with Crippen LogP contribution in [0.2, 0.25) is 0 Å². The smallest absolute Gasteiger partial charge is 0.240 e. The Morgan fingerprint density at radius 2 is 1.97 bits per heavy atom. The van der Waals surface area contributed by atoms with Gasteiger partial charge in [0.1, 0.15) is 5.82 Å². The number of hydrogen-bond acceptors (Lipinski definition) is 5. The first-order chi connectivity index (χ1) is 15.7. The lowest BCUT2D eigenvalue weighted by Gasteiger charge is -2.15. The number of sulfonamides is 1. The minimum absolute atomic E-state index is 0.0525. The summed E-state index contributed by atoms with van der Waals surface area (Å²) in [7, 11) is -3.72. The van der Waals surface area contributed by atoms with Crippen LogP contribution in [0.3, 0.4) is 0 Å². The van der Waals surface area contributed by atoms with Crippen molar-refractivity contribution < 1.29 is 17.6 Å². The minimum atomic E-state index is -3.72. The van der Waals surface area contributed by atoms with E-state index >= 15 is 0 Å². The highest BCUT2D eigenvalue weighted by Gasteiger charge is 2.25. The van der Waals surface area contributed by atoms with Crippen LogP contribution < -0.4 is 9.62 Å². The fourth-order valence-electron chi connectivity index (χ4n) is 4.03. The van der Waals surface area contributed by atoms with E-state index in [-0.39, 0.29) is 23.2 Å². The number of carbonyl (C=O) groups excluding carboxylic acids is 1. The topological polar surface area (TPSA) is 83.8 Å². The van der Waals surface area contributed by atoms with Gasteiger partial charge in [-0.25, -0.2) is 22.5 Å². The third-order valence-corrected chi connectivity index (χ3v) is 8.41. The summed E-state index contributed by atoms with van der Waals surface area (Å²) in [5.41, 5.74) is 4.06. The van der Waals surface area contributed by atoms with Crippen molar-refractivity contribution in [2.24, 2.45) is 0 Å². The molecule has 2 aromatic heterocycles. The predicted octanol–water partition coefficient (Wildman–Crippen LogP) is 3.90. The minimum Gasteiger partial charge on any atom is -0.312 e. The standard InChI is InChI=1S/C23H21FN4O3S2/c1-14-22(32-23-26-20(13-28(14)23)16-3-5-18(24)6-4-16)12-25-33(30,31)19-7-8-21-17(11-19)9-10-27(21)15(2)29/h3-8,11,13,25H,9-10,12H2,1-2H3. The Labute approximate surface area is 194 Å². The van der Waals surface area contributed by atoms with Gasteiger partial charge in [0.2, 0.25) is 15.9 Å². The summed E-state index contributed by atoms with van der Waals surface area (Å²) in [6.45, 7) is 4.12. The molecule has 1 amide bonds. The number of halogens is 1. The number of anilines is 1. The molecule has 0 saturated carbocycles. The zero-order valence-corrected chi connectivity index (χ0v) is 19.6. The number of rotatable bonds is 5. The molecule has 170 valence electrons. The van der Waals surface area contributed by atoms with E-state index in [4.69, 9.17) is 0 Å². The van der Waals surface area contributed by atoms with Crippen LogP contribution in [-0.4, -0.2) is 30.3 Å². The number of fused-ring (bicyclic) bond motifs is 2. The van der Waals surface area contributed by atoms with Crippen LogP contribution in [0, 0.1) is 12.7 Å². The first-order valence-electron chi connectivity index (χ1n) is 10.4. The number of carbonyl (C=O) groups is 1. The van der Waals surface area contributed by atoms with Crippen molar-refractivity contribution in [3.05, 3.63) is 70.6 Å². The fraction of sp³-hybridized carbons (Fsp3) is 0.217. The van der Waals surface area contributed by atoms with E-state index in [1.807, 2.05) is 17.5 Å². The fourth-order valence-corrected chi connectivity index (χ4v) is 6.21. The Morgan fingerprint density at radius 3 is 2.67 bits per heavy atom. The molecule has 0 fully saturated rings. The van der Waals surface area contributed by atoms with E-state index in [2.05, 4.69) is 9.71 Å². The van der Waals surface area contributed by atoms with Crippen molar-refractivity contribution in [3.63, 3.8) is 0 Å². The molecule has 0 bridgehead atoms. The van der Waals surface area contributed by atoms with Crippen LogP contribution in [0.1, 0.15) is 23.1 Å². The third-order valence-electron chi connectivity index (χ3n) is 5.85. The SMILES string of the molecule is CC(=O)N1CCc2cc(S(=O)(=O)NCc3sc4nc(-c5ccc(F)cc5)cn4c3C)ccc21. The molecular weight excluding hydrogens is 463 g/mol. The molecule has 0 spiro atoms. The van der Waals surface area contributed by atoms with Crippen molar-refractivity contribution in [1.82, 2.24) is 14.1 Å². The number of nitrogens with one attached hydrogen (secondary N) is 1. The van der Waals surface area contributed by atoms with Crippen LogP contribution in [0.5, 0.6) is 0 Å². The van der Waals surface area contributed by atoms with E-state index in [0.717, 1.165) is 38.0 Å². The summed E-state index contributed by atoms with van der Waals surface area (Å²) < 4.78 is 43.6. The molecule has 0 radical (unpaired) electrons. The molecule has 33 heavy (non-hydrogen) atoms. The Hall–Kier alpha value is -3.08. The van der Waals surface area contributed by atoms with Crippen molar-refractivity contribution in [3.8, 4) is 11.3 Å². The van der Waals surface area contributed by atoms with Gasteiger partial charge < -0.3 is 4.90 Å². The van der Waals surface area contributed by atoms with E-state index in [9.17, 15) is 17.6 Å². The first kappa shape index (κ1) is 21.7. The maximum Gasteiger partial charge on any atom is 0.240 e. The van der Waals surface area contributed by atoms with E-state index in [1.165, 1.54) is 36.5 Å². The summed E-state index contributed by atoms with van der Waals surface area (Å²) >= 11 is 1.41. The molecule has 10 heteroatoms. The van der Waals surface area contributed by atoms with Gasteiger partial charge in [0.25, 0.3) is 0 Å². The molecule has 1 N–H and O–H groups in total. The van der Waals surface area contributed by atoms with Crippen LogP contribution in [-0.2, 0) is 27.8 Å². The summed E-state index contributed by atoms with van der Waals surface area (Å²) in [5, 5.41) is 0. The Kier molecular flexibility index (Phi) is 5.31. The van der Waals surface area contributed by atoms with Gasteiger partial charge in [-0.2, -0.15) is 0 Å². The van der Waals surface area contributed by atoms with Crippen molar-refractivity contribution in [2.45, 2.75) is 31.7 Å². The molecule has 5 rings (SSSR count). The third kappa shape index (κ3) is 3.94. The van der Waals surface area contributed by atoms with E-state index in [1.54, 1.807) is 29.2 Å². The van der Waals surface area contributed by atoms with Gasteiger partial charge in [-0.3, -0.25) is 9.20 Å². The molecule has 0 atom stereocenters. The van der Waals surface area contributed by atoms with Crippen LogP contribution in [0.15, 0.2) is 53.6 Å². The second-order valence-corrected chi connectivity index (χ2v) is 10.8. The molecule has 0 aliphatic carbocycles. The summed E-state index contributed by atoms with van der Waals surface area (Å²) in [6.07, 6.45) is 2.50. The van der Waals surface area contributed by atoms with Gasteiger partial charge in [-0.15, -0.1) is 0 Å². The lowest BCUT2D eigenvalue weighted by Crippen LogP contribution is -2.26. The summed E-state index contributed by atoms with van der Waals surface area (Å²) in [6, 6.07) is 11.0. The zero-order chi connectivity index (χ0) is 23.3. The number of aromatic nitrogens is 2. The summed E-state index contributed by atoms with van der Waals surface area (Å²) in [4.78, 5) is 19.8. The van der Waals surface area contributed by atoms with E-state index < -0.39 is 10.0 Å². The Morgan fingerprint density at radius 1 is 1.21 bits per heavy atom. The zero-order valence-electron chi connectivity index (χ0n) is 18.0. The maximum absolute atomic E-state index is 13.2. The van der Waals surface area contributed by atoms with Gasteiger partial charge in [0.15, 0.2) is 4.96 Å². The maximum atomic E-state index is 13.2. The number of amides is 1. The van der Waals surface area contributed by atoms with Gasteiger partial charge >= 0.3 is 0 Å². The molecule has 0 unspecified atom stereocenters. The largest absolute Gasteiger partial charge is 0.312 e. The van der Waals surface area contributed by atoms with Gasteiger partial charge in [0.05, 0.1) is 10.6 Å². The number of thiazole rings is 1. The van der Waals surface area contributed by atoms with Gasteiger partial charge in [0, 0.05) is 48.0 Å². The van der Waals surface area contributed by atoms with Crippen LogP contribution >= 0.6 is 11.3 Å². The Balaban J connectivity index is 1.35. The number of benzene rings is 2. The van der Waals surface area contributed by atoms with Gasteiger partial charge in [-0.05, 0) is 61.4 Å². The number of hydrogen-bond donors (Lipinski definition) is 1. The van der Waals surface area contributed by atoms with Gasteiger partial charge in [-0.1, -0.05) is 11.3 Å². The molecule has 3 heterocycles. The molecule has 7 nitrogen and oxygen atoms in total. The van der Waals surface area contributed by atoms with E-state index in [0.29, 0.717) is 13.0 Å². The van der Waals surface area contributed by atoms with Crippen molar-refractivity contribution in [2.75, 3.05) is 11.4 Å². The Bertz CT molecular complexity index is 1490. The number of aryl methyl sites for hydroxylation is 1. The molecule has 2 aromatic carbocycles. The summed E-state index contributed by atoms with van der Waals surface area (Å²) in [5.74, 6) is -0.353. The monoisotopic (exact) mass is 484 g/mol. The lowest BCUT2D eigenvalue weighted by molar-refractivity contribution is -0.116.